The molecule has 2 aromatic carbocycles. The predicted molar refractivity (Wildman–Crippen MR) is 138 cm³/mol. The fourth-order valence-corrected chi connectivity index (χ4v) is 3.96. The molecular weight excluding hydrogens is 447 g/mol. The Kier molecular flexibility index (Phi) is 7.99. The maximum absolute atomic E-state index is 12.7. The van der Waals surface area contributed by atoms with Gasteiger partial charge >= 0.3 is 0 Å². The lowest BCUT2D eigenvalue weighted by Crippen LogP contribution is -2.32. The van der Waals surface area contributed by atoms with Crippen molar-refractivity contribution in [3.8, 4) is 11.5 Å². The lowest BCUT2D eigenvalue weighted by Gasteiger charge is -2.27. The van der Waals surface area contributed by atoms with Crippen LogP contribution in [0.4, 0.5) is 15.8 Å². The van der Waals surface area contributed by atoms with Crippen molar-refractivity contribution < 1.29 is 13.9 Å². The highest BCUT2D eigenvalue weighted by Gasteiger charge is 2.16. The zero-order chi connectivity index (χ0) is 24.8. The summed E-state index contributed by atoms with van der Waals surface area (Å²) in [6.45, 7) is 5.87. The zero-order valence-electron chi connectivity index (χ0n) is 20.7. The topological polar surface area (TPSA) is 74.8 Å². The molecular formula is C26H33FN6O2. The van der Waals surface area contributed by atoms with Crippen LogP contribution in [0.5, 0.6) is 11.5 Å². The Bertz CT molecular complexity index is 1190. The number of hydrogen-bond donors (Lipinski definition) is 2. The predicted octanol–water partition coefficient (Wildman–Crippen LogP) is 3.91. The molecule has 0 bridgehead atoms. The van der Waals surface area contributed by atoms with Crippen LogP contribution in [0.25, 0.3) is 16.6 Å². The van der Waals surface area contributed by atoms with Gasteiger partial charge in [-0.2, -0.15) is 0 Å². The molecule has 0 radical (unpaired) electrons. The largest absolute Gasteiger partial charge is 0.497 e. The van der Waals surface area contributed by atoms with Crippen LogP contribution in [0.3, 0.4) is 0 Å². The summed E-state index contributed by atoms with van der Waals surface area (Å²) in [5.41, 5.74) is 8.68. The highest BCUT2D eigenvalue weighted by molar-refractivity contribution is 5.82. The quantitative estimate of drug-likeness (QED) is 0.428. The molecule has 4 rings (SSSR count). The Morgan fingerprint density at radius 2 is 1.97 bits per heavy atom. The Hall–Kier alpha value is -3.43. The van der Waals surface area contributed by atoms with Crippen molar-refractivity contribution in [2.45, 2.75) is 19.9 Å². The van der Waals surface area contributed by atoms with E-state index in [0.29, 0.717) is 24.1 Å². The van der Waals surface area contributed by atoms with Crippen LogP contribution in [0.1, 0.15) is 19.5 Å². The fourth-order valence-electron chi connectivity index (χ4n) is 3.96. The minimum absolute atomic E-state index is 0.00422. The average Bonchev–Trinajstić information content (AvgIpc) is 3.30. The van der Waals surface area contributed by atoms with Crippen molar-refractivity contribution in [1.82, 2.24) is 25.7 Å². The summed E-state index contributed by atoms with van der Waals surface area (Å²) >= 11 is 0. The van der Waals surface area contributed by atoms with Gasteiger partial charge in [-0.1, -0.05) is 13.8 Å². The standard InChI is InChI=1S/C26H33FN6O2/c1-18(2)28-8-9-33(21-11-22(34-4)14-23(12-21)35-10-7-27)20-5-6-24-25(13-20)31-26(16-29-24)19-15-30-32(3)17-19/h5-6,11-14,16-18,28,30H,7-10,15H2,1-4H3. The molecule has 0 spiro atoms. The third kappa shape index (κ3) is 6.17. The van der Waals surface area contributed by atoms with E-state index in [4.69, 9.17) is 14.5 Å². The van der Waals surface area contributed by atoms with E-state index in [9.17, 15) is 4.39 Å². The van der Waals surface area contributed by atoms with Crippen molar-refractivity contribution >= 4 is 28.0 Å². The van der Waals surface area contributed by atoms with E-state index < -0.39 is 6.67 Å². The van der Waals surface area contributed by atoms with E-state index in [1.54, 1.807) is 13.2 Å². The Morgan fingerprint density at radius 1 is 1.14 bits per heavy atom. The normalized spacial score (nSPS) is 13.4. The smallest absolute Gasteiger partial charge is 0.125 e. The van der Waals surface area contributed by atoms with Gasteiger partial charge in [-0.15, -0.1) is 0 Å². The number of methoxy groups -OCH3 is 1. The van der Waals surface area contributed by atoms with Crippen LogP contribution in [-0.2, 0) is 0 Å². The molecule has 0 unspecified atom stereocenters. The van der Waals surface area contributed by atoms with E-state index in [2.05, 4.69) is 40.5 Å². The Morgan fingerprint density at radius 3 is 2.69 bits per heavy atom. The van der Waals surface area contributed by atoms with Gasteiger partial charge in [0.2, 0.25) is 0 Å². The molecule has 8 nitrogen and oxygen atoms in total. The van der Waals surface area contributed by atoms with Crippen LogP contribution in [-0.4, -0.2) is 68.1 Å². The molecule has 1 aromatic heterocycles. The number of alkyl halides is 1. The summed E-state index contributed by atoms with van der Waals surface area (Å²) < 4.78 is 23.8. The maximum atomic E-state index is 12.7. The number of aromatic nitrogens is 2. The first kappa shape index (κ1) is 24.7. The van der Waals surface area contributed by atoms with Crippen molar-refractivity contribution in [2.75, 3.05) is 52.0 Å². The molecule has 3 aromatic rings. The molecule has 0 fully saturated rings. The minimum atomic E-state index is -0.554. The molecule has 2 heterocycles. The summed E-state index contributed by atoms with van der Waals surface area (Å²) in [5, 5.41) is 5.40. The first-order chi connectivity index (χ1) is 17.0. The number of hydrogen-bond acceptors (Lipinski definition) is 8. The van der Waals surface area contributed by atoms with Gasteiger partial charge in [0.15, 0.2) is 0 Å². The van der Waals surface area contributed by atoms with E-state index in [1.807, 2.05) is 48.7 Å². The summed E-state index contributed by atoms with van der Waals surface area (Å²) in [6, 6.07) is 12.1. The summed E-state index contributed by atoms with van der Waals surface area (Å²) in [6.07, 6.45) is 3.84. The van der Waals surface area contributed by atoms with Crippen molar-refractivity contribution in [1.29, 1.82) is 0 Å². The van der Waals surface area contributed by atoms with Crippen molar-refractivity contribution in [3.63, 3.8) is 0 Å². The van der Waals surface area contributed by atoms with Crippen LogP contribution in [0, 0.1) is 0 Å². The van der Waals surface area contributed by atoms with Gasteiger partial charge in [0.05, 0.1) is 30.0 Å². The number of halogens is 1. The number of anilines is 2. The molecule has 1 aliphatic heterocycles. The Labute approximate surface area is 205 Å². The number of rotatable bonds is 11. The number of nitrogens with zero attached hydrogens (tertiary/aromatic N) is 4. The minimum Gasteiger partial charge on any atom is -0.497 e. The lowest BCUT2D eigenvalue weighted by molar-refractivity contribution is 0.272. The molecule has 35 heavy (non-hydrogen) atoms. The van der Waals surface area contributed by atoms with E-state index in [-0.39, 0.29) is 6.61 Å². The lowest BCUT2D eigenvalue weighted by atomic mass is 10.1. The Balaban J connectivity index is 1.72. The number of benzene rings is 2. The highest BCUT2D eigenvalue weighted by atomic mass is 19.1. The van der Waals surface area contributed by atoms with Gasteiger partial charge in [0.1, 0.15) is 24.8 Å². The third-order valence-corrected chi connectivity index (χ3v) is 5.68. The molecule has 2 N–H and O–H groups in total. The second kappa shape index (κ2) is 11.3. The van der Waals surface area contributed by atoms with E-state index in [1.165, 1.54) is 0 Å². The summed E-state index contributed by atoms with van der Waals surface area (Å²) in [5.74, 6) is 1.21. The van der Waals surface area contributed by atoms with Gasteiger partial charge in [0.25, 0.3) is 0 Å². The van der Waals surface area contributed by atoms with Crippen molar-refractivity contribution in [3.05, 3.63) is 54.5 Å². The molecule has 0 atom stereocenters. The molecule has 1 aliphatic rings. The summed E-state index contributed by atoms with van der Waals surface area (Å²) in [4.78, 5) is 11.7. The summed E-state index contributed by atoms with van der Waals surface area (Å²) in [7, 11) is 3.57. The van der Waals surface area contributed by atoms with Crippen LogP contribution >= 0.6 is 0 Å². The van der Waals surface area contributed by atoms with E-state index >= 15 is 0 Å². The second-order valence-electron chi connectivity index (χ2n) is 8.69. The number of nitrogens with one attached hydrogen (secondary N) is 2. The highest BCUT2D eigenvalue weighted by Crippen LogP contribution is 2.34. The van der Waals surface area contributed by atoms with Crippen LogP contribution in [0.15, 0.2) is 48.8 Å². The SMILES string of the molecule is COc1cc(OCCF)cc(N(CCNC(C)C)c2ccc3ncc(C4=CN(C)NC4)nc3c2)c1. The number of hydrazine groups is 1. The fraction of sp³-hybridized carbons (Fsp3) is 0.385. The molecule has 0 saturated heterocycles. The van der Waals surface area contributed by atoms with Gasteiger partial charge in [-0.05, 0) is 18.2 Å². The van der Waals surface area contributed by atoms with Gasteiger partial charge < -0.3 is 24.7 Å². The van der Waals surface area contributed by atoms with Gasteiger partial charge in [0, 0.05) is 74.1 Å². The molecule has 186 valence electrons. The van der Waals surface area contributed by atoms with Gasteiger partial charge in [-0.25, -0.2) is 14.8 Å². The maximum Gasteiger partial charge on any atom is 0.125 e. The zero-order valence-corrected chi connectivity index (χ0v) is 20.7. The van der Waals surface area contributed by atoms with Gasteiger partial charge in [-0.3, -0.25) is 4.98 Å². The first-order valence-electron chi connectivity index (χ1n) is 11.8. The molecule has 9 heteroatoms. The third-order valence-electron chi connectivity index (χ3n) is 5.68. The molecule has 0 amide bonds. The monoisotopic (exact) mass is 480 g/mol. The van der Waals surface area contributed by atoms with Crippen LogP contribution in [0.2, 0.25) is 0 Å². The molecule has 0 aliphatic carbocycles. The molecule has 0 saturated carbocycles. The number of ether oxygens (including phenoxy) is 2. The second-order valence-corrected chi connectivity index (χ2v) is 8.69. The first-order valence-corrected chi connectivity index (χ1v) is 11.8. The average molecular weight is 481 g/mol. The number of fused-ring (bicyclic) bond motifs is 1. The van der Waals surface area contributed by atoms with Crippen LogP contribution < -0.4 is 25.1 Å². The van der Waals surface area contributed by atoms with Crippen molar-refractivity contribution in [2.24, 2.45) is 0 Å². The van der Waals surface area contributed by atoms with E-state index in [0.717, 1.165) is 46.8 Å².